The second-order valence-electron chi connectivity index (χ2n) is 4.17. The third-order valence-electron chi connectivity index (χ3n) is 3.09. The Labute approximate surface area is 99.0 Å². The minimum Gasteiger partial charge on any atom is -0.497 e. The summed E-state index contributed by atoms with van der Waals surface area (Å²) in [6, 6.07) is 9.28. The summed E-state index contributed by atoms with van der Waals surface area (Å²) in [5, 5.41) is 3.63. The van der Waals surface area contributed by atoms with Crippen molar-refractivity contribution in [1.29, 1.82) is 0 Å². The number of hydrogen-bond acceptors (Lipinski definition) is 2. The molecule has 2 nitrogen and oxygen atoms in total. The van der Waals surface area contributed by atoms with E-state index in [1.807, 2.05) is 12.1 Å². The maximum absolute atomic E-state index is 5.15. The van der Waals surface area contributed by atoms with E-state index in [0.717, 1.165) is 5.75 Å². The molecule has 0 aliphatic rings. The van der Waals surface area contributed by atoms with Crippen LogP contribution in [0.15, 0.2) is 24.3 Å². The van der Waals surface area contributed by atoms with Gasteiger partial charge in [-0.15, -0.1) is 0 Å². The molecule has 0 saturated heterocycles. The van der Waals surface area contributed by atoms with Crippen molar-refractivity contribution in [1.82, 2.24) is 5.32 Å². The van der Waals surface area contributed by atoms with E-state index in [-0.39, 0.29) is 0 Å². The van der Waals surface area contributed by atoms with Gasteiger partial charge in [-0.25, -0.2) is 0 Å². The highest BCUT2D eigenvalue weighted by atomic mass is 16.5. The fourth-order valence-corrected chi connectivity index (χ4v) is 1.87. The molecule has 0 fully saturated rings. The van der Waals surface area contributed by atoms with Gasteiger partial charge in [0.05, 0.1) is 7.11 Å². The molecule has 0 aromatic heterocycles. The van der Waals surface area contributed by atoms with Gasteiger partial charge in [0, 0.05) is 12.1 Å². The fourth-order valence-electron chi connectivity index (χ4n) is 1.87. The third-order valence-corrected chi connectivity index (χ3v) is 3.09. The van der Waals surface area contributed by atoms with Gasteiger partial charge < -0.3 is 10.1 Å². The average molecular weight is 221 g/mol. The number of methoxy groups -OCH3 is 1. The van der Waals surface area contributed by atoms with Gasteiger partial charge in [-0.1, -0.05) is 26.0 Å². The van der Waals surface area contributed by atoms with Crippen molar-refractivity contribution < 1.29 is 4.74 Å². The number of ether oxygens (including phenoxy) is 1. The molecule has 90 valence electrons. The van der Waals surface area contributed by atoms with Crippen molar-refractivity contribution in [2.75, 3.05) is 7.11 Å². The zero-order chi connectivity index (χ0) is 12.0. The minimum absolute atomic E-state index is 0.399. The lowest BCUT2D eigenvalue weighted by Gasteiger charge is -2.21. The second-order valence-corrected chi connectivity index (χ2v) is 4.17. The van der Waals surface area contributed by atoms with E-state index >= 15 is 0 Å². The number of rotatable bonds is 6. The van der Waals surface area contributed by atoms with Crippen LogP contribution in [-0.2, 0) is 0 Å². The van der Waals surface area contributed by atoms with Gasteiger partial charge in [0.2, 0.25) is 0 Å². The highest BCUT2D eigenvalue weighted by Gasteiger charge is 2.09. The van der Waals surface area contributed by atoms with Crippen molar-refractivity contribution in [3.05, 3.63) is 29.8 Å². The van der Waals surface area contributed by atoms with Crippen LogP contribution in [0.25, 0.3) is 0 Å². The van der Waals surface area contributed by atoms with Gasteiger partial charge in [-0.05, 0) is 37.5 Å². The molecule has 0 aliphatic heterocycles. The Bertz CT molecular complexity index is 290. The predicted octanol–water partition coefficient (Wildman–Crippen LogP) is 3.53. The van der Waals surface area contributed by atoms with Crippen LogP contribution in [0.2, 0.25) is 0 Å². The van der Waals surface area contributed by atoms with Crippen LogP contribution in [0.4, 0.5) is 0 Å². The lowest BCUT2D eigenvalue weighted by atomic mass is 10.1. The Morgan fingerprint density at radius 3 is 2.12 bits per heavy atom. The normalized spacial score (nSPS) is 12.8. The summed E-state index contributed by atoms with van der Waals surface area (Å²) in [5.74, 6) is 0.915. The maximum Gasteiger partial charge on any atom is 0.118 e. The van der Waals surface area contributed by atoms with E-state index < -0.39 is 0 Å². The Hall–Kier alpha value is -1.02. The molecule has 1 aromatic rings. The quantitative estimate of drug-likeness (QED) is 0.793. The summed E-state index contributed by atoms with van der Waals surface area (Å²) in [5.41, 5.74) is 1.31. The smallest absolute Gasteiger partial charge is 0.118 e. The van der Waals surface area contributed by atoms with E-state index in [4.69, 9.17) is 4.74 Å². The van der Waals surface area contributed by atoms with Crippen molar-refractivity contribution >= 4 is 0 Å². The van der Waals surface area contributed by atoms with Gasteiger partial charge in [-0.3, -0.25) is 0 Å². The highest BCUT2D eigenvalue weighted by Crippen LogP contribution is 2.18. The van der Waals surface area contributed by atoms with Gasteiger partial charge in [-0.2, -0.15) is 0 Å². The molecule has 0 radical (unpaired) electrons. The van der Waals surface area contributed by atoms with Gasteiger partial charge in [0.25, 0.3) is 0 Å². The summed E-state index contributed by atoms with van der Waals surface area (Å²) < 4.78 is 5.15. The van der Waals surface area contributed by atoms with Crippen LogP contribution in [0.1, 0.15) is 45.2 Å². The summed E-state index contributed by atoms with van der Waals surface area (Å²) in [6.07, 6.45) is 2.36. The zero-order valence-corrected chi connectivity index (χ0v) is 10.8. The lowest BCUT2D eigenvalue weighted by Crippen LogP contribution is -2.30. The first kappa shape index (κ1) is 13.0. The average Bonchev–Trinajstić information content (AvgIpc) is 2.35. The highest BCUT2D eigenvalue weighted by molar-refractivity contribution is 5.28. The van der Waals surface area contributed by atoms with E-state index in [2.05, 4.69) is 38.2 Å². The topological polar surface area (TPSA) is 21.3 Å². The van der Waals surface area contributed by atoms with Gasteiger partial charge in [0.1, 0.15) is 5.75 Å². The monoisotopic (exact) mass is 221 g/mol. The molecule has 1 N–H and O–H groups in total. The third kappa shape index (κ3) is 3.53. The summed E-state index contributed by atoms with van der Waals surface area (Å²) in [7, 11) is 1.70. The molecule has 0 spiro atoms. The first-order chi connectivity index (χ1) is 7.71. The number of nitrogens with one attached hydrogen (secondary N) is 1. The molecule has 16 heavy (non-hydrogen) atoms. The zero-order valence-electron chi connectivity index (χ0n) is 10.8. The summed E-state index contributed by atoms with van der Waals surface area (Å²) in [4.78, 5) is 0. The first-order valence-corrected chi connectivity index (χ1v) is 6.11. The van der Waals surface area contributed by atoms with Crippen LogP contribution < -0.4 is 10.1 Å². The SMILES string of the molecule is CCC(CC)N[C@H](C)c1ccc(OC)cc1. The predicted molar refractivity (Wildman–Crippen MR) is 68.9 cm³/mol. The Morgan fingerprint density at radius 1 is 1.12 bits per heavy atom. The first-order valence-electron chi connectivity index (χ1n) is 6.11. The van der Waals surface area contributed by atoms with E-state index in [1.54, 1.807) is 7.11 Å². The molecular formula is C14H23NO. The van der Waals surface area contributed by atoms with Crippen LogP contribution in [0.5, 0.6) is 5.75 Å². The van der Waals surface area contributed by atoms with E-state index in [0.29, 0.717) is 12.1 Å². The molecule has 0 saturated carbocycles. The van der Waals surface area contributed by atoms with Crippen molar-refractivity contribution in [2.45, 2.75) is 45.7 Å². The van der Waals surface area contributed by atoms with Crippen LogP contribution >= 0.6 is 0 Å². The van der Waals surface area contributed by atoms with Crippen LogP contribution in [-0.4, -0.2) is 13.2 Å². The Balaban J connectivity index is 2.61. The molecular weight excluding hydrogens is 198 g/mol. The van der Waals surface area contributed by atoms with Crippen molar-refractivity contribution in [3.8, 4) is 5.75 Å². The molecule has 0 aliphatic carbocycles. The van der Waals surface area contributed by atoms with Crippen molar-refractivity contribution in [3.63, 3.8) is 0 Å². The maximum atomic E-state index is 5.15. The largest absolute Gasteiger partial charge is 0.497 e. The molecule has 2 heteroatoms. The summed E-state index contributed by atoms with van der Waals surface area (Å²) >= 11 is 0. The molecule has 1 atom stereocenters. The standard InChI is InChI=1S/C14H23NO/c1-5-13(6-2)15-11(3)12-7-9-14(16-4)10-8-12/h7-11,13,15H,5-6H2,1-4H3/t11-/m1/s1. The summed E-state index contributed by atoms with van der Waals surface area (Å²) in [6.45, 7) is 6.66. The lowest BCUT2D eigenvalue weighted by molar-refractivity contribution is 0.413. The molecule has 0 unspecified atom stereocenters. The Kier molecular flexibility index (Phi) is 5.33. The molecule has 0 bridgehead atoms. The van der Waals surface area contributed by atoms with Crippen LogP contribution in [0, 0.1) is 0 Å². The van der Waals surface area contributed by atoms with Crippen LogP contribution in [0.3, 0.4) is 0 Å². The van der Waals surface area contributed by atoms with Gasteiger partial charge >= 0.3 is 0 Å². The van der Waals surface area contributed by atoms with E-state index in [9.17, 15) is 0 Å². The van der Waals surface area contributed by atoms with Gasteiger partial charge in [0.15, 0.2) is 0 Å². The minimum atomic E-state index is 0.399. The molecule has 1 rings (SSSR count). The van der Waals surface area contributed by atoms with Crippen molar-refractivity contribution in [2.24, 2.45) is 0 Å². The Morgan fingerprint density at radius 2 is 1.69 bits per heavy atom. The number of hydrogen-bond donors (Lipinski definition) is 1. The second kappa shape index (κ2) is 6.54. The number of benzene rings is 1. The molecule has 0 heterocycles. The molecule has 1 aromatic carbocycles. The van der Waals surface area contributed by atoms with E-state index in [1.165, 1.54) is 18.4 Å². The molecule has 0 amide bonds. The fraction of sp³-hybridized carbons (Fsp3) is 0.571.